The molecule has 26 heavy (non-hydrogen) atoms. The molecule has 2 aromatic rings. The third-order valence-electron chi connectivity index (χ3n) is 4.03. The fourth-order valence-electron chi connectivity index (χ4n) is 2.96. The maximum Gasteiger partial charge on any atom is 0.490 e. The summed E-state index contributed by atoms with van der Waals surface area (Å²) in [6.45, 7) is 2.93. The molecule has 3 rings (SSSR count). The molecule has 2 aromatic carbocycles. The van der Waals surface area contributed by atoms with Crippen molar-refractivity contribution in [3.8, 4) is 5.75 Å². The second kappa shape index (κ2) is 7.11. The molecule has 0 fully saturated rings. The maximum atomic E-state index is 10.6. The van der Waals surface area contributed by atoms with Crippen LogP contribution in [0.4, 0.5) is 18.9 Å². The van der Waals surface area contributed by atoms with Gasteiger partial charge in [0.1, 0.15) is 5.75 Å². The average molecular weight is 369 g/mol. The van der Waals surface area contributed by atoms with Crippen LogP contribution in [0.1, 0.15) is 18.4 Å². The van der Waals surface area contributed by atoms with E-state index in [0.717, 1.165) is 23.4 Å². The smallest absolute Gasteiger partial charge is 0.490 e. The van der Waals surface area contributed by atoms with E-state index in [0.29, 0.717) is 5.92 Å². The van der Waals surface area contributed by atoms with Crippen molar-refractivity contribution >= 4 is 28.4 Å². The molecule has 0 spiro atoms. The molecule has 1 aliphatic heterocycles. The molecule has 0 radical (unpaired) electrons. The monoisotopic (exact) mass is 369 g/mol. The van der Waals surface area contributed by atoms with E-state index < -0.39 is 12.1 Å². The quantitative estimate of drug-likeness (QED) is 0.529. The van der Waals surface area contributed by atoms with Gasteiger partial charge < -0.3 is 20.5 Å². The van der Waals surface area contributed by atoms with Gasteiger partial charge in [-0.3, -0.25) is 5.41 Å². The second-order valence-corrected chi connectivity index (χ2v) is 5.75. The number of nitrogens with one attached hydrogen (secondary N) is 1. The van der Waals surface area contributed by atoms with Crippen LogP contribution in [0, 0.1) is 5.41 Å². The number of carboxylic acids is 1. The van der Waals surface area contributed by atoms with Crippen molar-refractivity contribution in [1.29, 1.82) is 5.41 Å². The van der Waals surface area contributed by atoms with Gasteiger partial charge in [-0.15, -0.1) is 0 Å². The number of fused-ring (bicyclic) bond motifs is 3. The lowest BCUT2D eigenvalue weighted by Gasteiger charge is -2.17. The number of rotatable bonds is 1. The van der Waals surface area contributed by atoms with E-state index in [1.807, 2.05) is 29.2 Å². The summed E-state index contributed by atoms with van der Waals surface area (Å²) in [4.78, 5) is 10.8. The lowest BCUT2D eigenvalue weighted by Crippen LogP contribution is -2.35. The minimum atomic E-state index is -5.08. The molecular weight excluding hydrogens is 351 g/mol. The van der Waals surface area contributed by atoms with Crippen molar-refractivity contribution in [3.05, 3.63) is 35.9 Å². The molecule has 0 saturated heterocycles. The Morgan fingerprint density at radius 2 is 1.92 bits per heavy atom. The van der Waals surface area contributed by atoms with Gasteiger partial charge in [0.15, 0.2) is 5.96 Å². The van der Waals surface area contributed by atoms with Gasteiger partial charge in [0, 0.05) is 23.5 Å². The molecule has 1 heterocycles. The van der Waals surface area contributed by atoms with Gasteiger partial charge in [-0.2, -0.15) is 13.2 Å². The summed E-state index contributed by atoms with van der Waals surface area (Å²) >= 11 is 0. The average Bonchev–Trinajstić information content (AvgIpc) is 2.91. The van der Waals surface area contributed by atoms with Crippen LogP contribution in [0.3, 0.4) is 0 Å². The summed E-state index contributed by atoms with van der Waals surface area (Å²) in [5.74, 6) is -1.41. The predicted octanol–water partition coefficient (Wildman–Crippen LogP) is 3.30. The Labute approximate surface area is 147 Å². The Balaban J connectivity index is 0.000000298. The topological polar surface area (TPSA) is 99.6 Å². The summed E-state index contributed by atoms with van der Waals surface area (Å²) in [6, 6.07) is 10.2. The van der Waals surface area contributed by atoms with Crippen LogP contribution in [0.15, 0.2) is 30.3 Å². The van der Waals surface area contributed by atoms with E-state index >= 15 is 0 Å². The molecule has 0 aliphatic carbocycles. The van der Waals surface area contributed by atoms with Crippen molar-refractivity contribution < 1.29 is 27.8 Å². The van der Waals surface area contributed by atoms with E-state index in [9.17, 15) is 13.2 Å². The number of nitrogens with zero attached hydrogens (tertiary/aromatic N) is 1. The number of hydrogen-bond acceptors (Lipinski definition) is 3. The van der Waals surface area contributed by atoms with E-state index in [-0.39, 0.29) is 5.96 Å². The minimum absolute atomic E-state index is 0.104. The first kappa shape index (κ1) is 19.4. The summed E-state index contributed by atoms with van der Waals surface area (Å²) in [5.41, 5.74) is 7.96. The third-order valence-corrected chi connectivity index (χ3v) is 4.03. The number of carbonyl (C=O) groups is 1. The van der Waals surface area contributed by atoms with Gasteiger partial charge in [0.05, 0.1) is 7.11 Å². The zero-order valence-electron chi connectivity index (χ0n) is 14.1. The number of carboxylic acid groups (broad SMARTS) is 1. The van der Waals surface area contributed by atoms with Crippen LogP contribution >= 0.6 is 0 Å². The zero-order chi connectivity index (χ0) is 19.6. The molecule has 9 heteroatoms. The van der Waals surface area contributed by atoms with Crippen molar-refractivity contribution in [2.45, 2.75) is 19.0 Å². The number of anilines is 1. The van der Waals surface area contributed by atoms with Crippen LogP contribution in [-0.4, -0.2) is 36.9 Å². The molecule has 0 saturated carbocycles. The molecule has 0 amide bonds. The fraction of sp³-hybridized carbons (Fsp3) is 0.294. The van der Waals surface area contributed by atoms with Crippen molar-refractivity contribution in [3.63, 3.8) is 0 Å². The molecule has 1 atom stereocenters. The highest BCUT2D eigenvalue weighted by Crippen LogP contribution is 2.42. The number of hydrogen-bond donors (Lipinski definition) is 3. The molecule has 0 aromatic heterocycles. The number of aliphatic carboxylic acids is 1. The number of ether oxygens (including phenoxy) is 1. The summed E-state index contributed by atoms with van der Waals surface area (Å²) in [7, 11) is 1.69. The Bertz CT molecular complexity index is 852. The van der Waals surface area contributed by atoms with Gasteiger partial charge in [-0.05, 0) is 29.1 Å². The van der Waals surface area contributed by atoms with Crippen LogP contribution < -0.4 is 15.4 Å². The Morgan fingerprint density at radius 1 is 1.31 bits per heavy atom. The summed E-state index contributed by atoms with van der Waals surface area (Å²) in [5, 5.41) is 17.1. The van der Waals surface area contributed by atoms with Crippen LogP contribution in [0.25, 0.3) is 10.8 Å². The minimum Gasteiger partial charge on any atom is -0.496 e. The number of guanidine groups is 1. The predicted molar refractivity (Wildman–Crippen MR) is 91.9 cm³/mol. The normalized spacial score (nSPS) is 15.9. The SMILES string of the molecule is COc1cccc2c3c(ccc12)N(C(=N)N)CC3C.O=C(O)C(F)(F)F. The van der Waals surface area contributed by atoms with Crippen LogP contribution in [0.5, 0.6) is 5.75 Å². The van der Waals surface area contributed by atoms with E-state index in [1.54, 1.807) is 7.11 Å². The van der Waals surface area contributed by atoms with Crippen molar-refractivity contribution in [1.82, 2.24) is 0 Å². The van der Waals surface area contributed by atoms with E-state index in [2.05, 4.69) is 13.0 Å². The highest BCUT2D eigenvalue weighted by molar-refractivity contribution is 6.02. The van der Waals surface area contributed by atoms with Gasteiger partial charge in [0.2, 0.25) is 0 Å². The Kier molecular flexibility index (Phi) is 5.29. The van der Waals surface area contributed by atoms with Gasteiger partial charge in [-0.1, -0.05) is 19.1 Å². The largest absolute Gasteiger partial charge is 0.496 e. The van der Waals surface area contributed by atoms with Gasteiger partial charge in [-0.25, -0.2) is 4.79 Å². The first-order valence-electron chi connectivity index (χ1n) is 7.59. The highest BCUT2D eigenvalue weighted by Gasteiger charge is 2.38. The van der Waals surface area contributed by atoms with Gasteiger partial charge >= 0.3 is 12.1 Å². The van der Waals surface area contributed by atoms with E-state index in [1.165, 1.54) is 10.9 Å². The highest BCUT2D eigenvalue weighted by atomic mass is 19.4. The Morgan fingerprint density at radius 3 is 2.42 bits per heavy atom. The third kappa shape index (κ3) is 3.66. The first-order chi connectivity index (χ1) is 12.1. The van der Waals surface area contributed by atoms with E-state index in [4.69, 9.17) is 25.8 Å². The fourth-order valence-corrected chi connectivity index (χ4v) is 2.96. The molecule has 1 aliphatic rings. The number of halogens is 3. The van der Waals surface area contributed by atoms with Crippen molar-refractivity contribution in [2.24, 2.45) is 5.73 Å². The molecular formula is C17H18F3N3O3. The maximum absolute atomic E-state index is 10.6. The number of methoxy groups -OCH3 is 1. The molecule has 1 unspecified atom stereocenters. The number of benzene rings is 2. The first-order valence-corrected chi connectivity index (χ1v) is 7.59. The standard InChI is InChI=1S/C15H17N3O.C2HF3O2/c1-9-8-18(15(16)17)12-7-6-10-11(14(9)12)4-3-5-13(10)19-2;3-2(4,5)1(6)7/h3-7,9H,8H2,1-2H3,(H3,16,17);(H,6,7). The summed E-state index contributed by atoms with van der Waals surface area (Å²) < 4.78 is 37.2. The Hall–Kier alpha value is -2.97. The number of nitrogens with two attached hydrogens (primary N) is 1. The number of alkyl halides is 3. The molecule has 0 bridgehead atoms. The van der Waals surface area contributed by atoms with Crippen LogP contribution in [0.2, 0.25) is 0 Å². The lowest BCUT2D eigenvalue weighted by atomic mass is 9.96. The van der Waals surface area contributed by atoms with Crippen LogP contribution in [-0.2, 0) is 4.79 Å². The molecule has 4 N–H and O–H groups in total. The van der Waals surface area contributed by atoms with Gasteiger partial charge in [0.25, 0.3) is 0 Å². The lowest BCUT2D eigenvalue weighted by molar-refractivity contribution is -0.192. The van der Waals surface area contributed by atoms with Crippen molar-refractivity contribution in [2.75, 3.05) is 18.6 Å². The molecule has 140 valence electrons. The molecule has 6 nitrogen and oxygen atoms in total. The zero-order valence-corrected chi connectivity index (χ0v) is 14.1. The summed E-state index contributed by atoms with van der Waals surface area (Å²) in [6.07, 6.45) is -5.08. The second-order valence-electron chi connectivity index (χ2n) is 5.75.